The van der Waals surface area contributed by atoms with Gasteiger partial charge >= 0.3 is 0 Å². The lowest BCUT2D eigenvalue weighted by molar-refractivity contribution is 0.0622. The molecule has 0 saturated carbocycles. The Morgan fingerprint density at radius 2 is 2.04 bits per heavy atom. The summed E-state index contributed by atoms with van der Waals surface area (Å²) in [5.41, 5.74) is 3.08. The van der Waals surface area contributed by atoms with Crippen LogP contribution in [-0.4, -0.2) is 56.5 Å². The number of nitrogens with zero attached hydrogens (tertiary/aromatic N) is 5. The van der Waals surface area contributed by atoms with Crippen molar-refractivity contribution in [2.24, 2.45) is 0 Å². The third kappa shape index (κ3) is 3.02. The van der Waals surface area contributed by atoms with E-state index in [0.717, 1.165) is 36.8 Å². The number of carbonyl (C=O) groups is 1. The molecule has 7 heteroatoms. The molecule has 0 aromatic carbocycles. The standard InChI is InChI=1S/C18H21N5O2/c1-13-10-14(2)23-17(20-13)16(11-19-23)18(24)22-7-5-21(6-8-22)12-15-4-3-9-25-15/h3-4,9-11H,5-8,12H2,1-2H3. The quantitative estimate of drug-likeness (QED) is 0.729. The molecule has 25 heavy (non-hydrogen) atoms. The fraction of sp³-hybridized carbons (Fsp3) is 0.389. The molecule has 0 N–H and O–H groups in total. The average molecular weight is 339 g/mol. The molecule has 4 rings (SSSR count). The highest BCUT2D eigenvalue weighted by Crippen LogP contribution is 2.16. The van der Waals surface area contributed by atoms with Gasteiger partial charge in [-0.25, -0.2) is 9.50 Å². The average Bonchev–Trinajstić information content (AvgIpc) is 3.24. The minimum absolute atomic E-state index is 0.00477. The predicted octanol–water partition coefficient (Wildman–Crippen LogP) is 1.90. The number of carbonyl (C=O) groups excluding carboxylic acids is 1. The Balaban J connectivity index is 1.47. The van der Waals surface area contributed by atoms with Gasteiger partial charge in [0.15, 0.2) is 5.65 Å². The lowest BCUT2D eigenvalue weighted by Crippen LogP contribution is -2.48. The van der Waals surface area contributed by atoms with E-state index in [1.54, 1.807) is 17.0 Å². The lowest BCUT2D eigenvalue weighted by Gasteiger charge is -2.34. The van der Waals surface area contributed by atoms with Gasteiger partial charge in [0.1, 0.15) is 11.3 Å². The van der Waals surface area contributed by atoms with Crippen molar-refractivity contribution in [3.63, 3.8) is 0 Å². The maximum atomic E-state index is 12.9. The molecule has 1 aliphatic rings. The molecule has 1 amide bonds. The van der Waals surface area contributed by atoms with E-state index in [9.17, 15) is 4.79 Å². The minimum atomic E-state index is 0.00477. The van der Waals surface area contributed by atoms with Gasteiger partial charge in [0.05, 0.1) is 19.0 Å². The van der Waals surface area contributed by atoms with Crippen molar-refractivity contribution >= 4 is 11.6 Å². The number of furan rings is 1. The zero-order chi connectivity index (χ0) is 17.4. The summed E-state index contributed by atoms with van der Waals surface area (Å²) in [6.45, 7) is 7.74. The molecule has 0 atom stereocenters. The minimum Gasteiger partial charge on any atom is -0.468 e. The van der Waals surface area contributed by atoms with E-state index in [0.29, 0.717) is 24.3 Å². The van der Waals surface area contributed by atoms with Gasteiger partial charge in [-0.1, -0.05) is 0 Å². The van der Waals surface area contributed by atoms with Gasteiger partial charge in [-0.2, -0.15) is 5.10 Å². The van der Waals surface area contributed by atoms with Gasteiger partial charge in [0, 0.05) is 37.6 Å². The smallest absolute Gasteiger partial charge is 0.259 e. The molecule has 0 unspecified atom stereocenters. The van der Waals surface area contributed by atoms with Gasteiger partial charge < -0.3 is 9.32 Å². The largest absolute Gasteiger partial charge is 0.468 e. The van der Waals surface area contributed by atoms with Crippen LogP contribution in [0.1, 0.15) is 27.5 Å². The molecule has 7 nitrogen and oxygen atoms in total. The summed E-state index contributed by atoms with van der Waals surface area (Å²) in [4.78, 5) is 21.6. The molecule has 3 aromatic heterocycles. The first-order valence-corrected chi connectivity index (χ1v) is 8.48. The van der Waals surface area contributed by atoms with E-state index in [1.807, 2.05) is 36.9 Å². The summed E-state index contributed by atoms with van der Waals surface area (Å²) < 4.78 is 7.13. The van der Waals surface area contributed by atoms with Gasteiger partial charge in [-0.3, -0.25) is 9.69 Å². The van der Waals surface area contributed by atoms with Crippen LogP contribution in [0, 0.1) is 13.8 Å². The third-order valence-corrected chi connectivity index (χ3v) is 4.63. The SMILES string of the molecule is Cc1cc(C)n2ncc(C(=O)N3CCN(Cc4ccco4)CC3)c2n1. The Morgan fingerprint density at radius 3 is 2.76 bits per heavy atom. The number of amides is 1. The van der Waals surface area contributed by atoms with Crippen molar-refractivity contribution in [2.75, 3.05) is 26.2 Å². The maximum absolute atomic E-state index is 12.9. The van der Waals surface area contributed by atoms with Crippen molar-refractivity contribution in [2.45, 2.75) is 20.4 Å². The number of hydrogen-bond donors (Lipinski definition) is 0. The molecule has 0 radical (unpaired) electrons. The summed E-state index contributed by atoms with van der Waals surface area (Å²) in [5, 5.41) is 4.32. The fourth-order valence-electron chi connectivity index (χ4n) is 3.32. The van der Waals surface area contributed by atoms with Gasteiger partial charge in [0.25, 0.3) is 5.91 Å². The molecular formula is C18H21N5O2. The number of aromatic nitrogens is 3. The molecule has 4 heterocycles. The van der Waals surface area contributed by atoms with Gasteiger partial charge in [0.2, 0.25) is 0 Å². The third-order valence-electron chi connectivity index (χ3n) is 4.63. The topological polar surface area (TPSA) is 66.9 Å². The molecular weight excluding hydrogens is 318 g/mol. The Hall–Kier alpha value is -2.67. The molecule has 0 aliphatic carbocycles. The zero-order valence-electron chi connectivity index (χ0n) is 14.5. The van der Waals surface area contributed by atoms with Crippen LogP contribution in [-0.2, 0) is 6.54 Å². The van der Waals surface area contributed by atoms with E-state index in [1.165, 1.54) is 0 Å². The van der Waals surface area contributed by atoms with Crippen molar-refractivity contribution in [1.29, 1.82) is 0 Å². The number of hydrogen-bond acceptors (Lipinski definition) is 5. The molecule has 0 bridgehead atoms. The first kappa shape index (κ1) is 15.8. The lowest BCUT2D eigenvalue weighted by atomic mass is 10.2. The second-order valence-corrected chi connectivity index (χ2v) is 6.48. The second-order valence-electron chi connectivity index (χ2n) is 6.48. The van der Waals surface area contributed by atoms with Crippen LogP contribution < -0.4 is 0 Å². The predicted molar refractivity (Wildman–Crippen MR) is 92.3 cm³/mol. The van der Waals surface area contributed by atoms with E-state index in [4.69, 9.17) is 4.42 Å². The Labute approximate surface area is 145 Å². The normalized spacial score (nSPS) is 15.8. The van der Waals surface area contributed by atoms with Crippen LogP contribution in [0.15, 0.2) is 35.1 Å². The van der Waals surface area contributed by atoms with E-state index in [-0.39, 0.29) is 5.91 Å². The van der Waals surface area contributed by atoms with Crippen LogP contribution in [0.25, 0.3) is 5.65 Å². The maximum Gasteiger partial charge on any atom is 0.259 e. The van der Waals surface area contributed by atoms with Crippen molar-refractivity contribution in [1.82, 2.24) is 24.4 Å². The second kappa shape index (κ2) is 6.33. The van der Waals surface area contributed by atoms with Crippen LogP contribution >= 0.6 is 0 Å². The summed E-state index contributed by atoms with van der Waals surface area (Å²) in [6, 6.07) is 5.84. The summed E-state index contributed by atoms with van der Waals surface area (Å²) in [5.74, 6) is 0.961. The first-order chi connectivity index (χ1) is 12.1. The summed E-state index contributed by atoms with van der Waals surface area (Å²) in [6.07, 6.45) is 3.32. The highest BCUT2D eigenvalue weighted by Gasteiger charge is 2.25. The van der Waals surface area contributed by atoms with Crippen LogP contribution in [0.2, 0.25) is 0 Å². The van der Waals surface area contributed by atoms with E-state index < -0.39 is 0 Å². The van der Waals surface area contributed by atoms with Crippen molar-refractivity contribution in [3.05, 3.63) is 53.4 Å². The molecule has 1 fully saturated rings. The Kier molecular flexibility index (Phi) is 4.01. The number of aryl methyl sites for hydroxylation is 2. The number of rotatable bonds is 3. The molecule has 0 spiro atoms. The molecule has 1 aliphatic heterocycles. The monoisotopic (exact) mass is 339 g/mol. The Bertz CT molecular complexity index is 892. The molecule has 130 valence electrons. The van der Waals surface area contributed by atoms with Crippen LogP contribution in [0.4, 0.5) is 0 Å². The van der Waals surface area contributed by atoms with Gasteiger partial charge in [-0.05, 0) is 32.0 Å². The highest BCUT2D eigenvalue weighted by atomic mass is 16.3. The number of piperazine rings is 1. The van der Waals surface area contributed by atoms with E-state index in [2.05, 4.69) is 15.0 Å². The van der Waals surface area contributed by atoms with Crippen LogP contribution in [0.5, 0.6) is 0 Å². The van der Waals surface area contributed by atoms with E-state index >= 15 is 0 Å². The fourth-order valence-corrected chi connectivity index (χ4v) is 3.32. The zero-order valence-corrected chi connectivity index (χ0v) is 14.5. The summed E-state index contributed by atoms with van der Waals surface area (Å²) >= 11 is 0. The molecule has 1 saturated heterocycles. The van der Waals surface area contributed by atoms with Crippen molar-refractivity contribution < 1.29 is 9.21 Å². The summed E-state index contributed by atoms with van der Waals surface area (Å²) in [7, 11) is 0. The highest BCUT2D eigenvalue weighted by molar-refractivity contribution is 5.99. The number of fused-ring (bicyclic) bond motifs is 1. The van der Waals surface area contributed by atoms with Gasteiger partial charge in [-0.15, -0.1) is 0 Å². The van der Waals surface area contributed by atoms with Crippen LogP contribution in [0.3, 0.4) is 0 Å². The first-order valence-electron chi connectivity index (χ1n) is 8.48. The Morgan fingerprint density at radius 1 is 1.24 bits per heavy atom. The molecule has 3 aromatic rings. The van der Waals surface area contributed by atoms with Crippen molar-refractivity contribution in [3.8, 4) is 0 Å².